The standard InChI is InChI=1S/C15H19N3/c1-15(2,3)17-8-10-18-9-7-13-12(11-16)5-4-6-14(13)18/h4-7,9,17H,8,10H2,1-3H3. The van der Waals surface area contributed by atoms with E-state index in [-0.39, 0.29) is 5.54 Å². The Balaban J connectivity index is 2.18. The molecule has 0 amide bonds. The lowest BCUT2D eigenvalue weighted by atomic mass is 10.1. The smallest absolute Gasteiger partial charge is 0.0998 e. The van der Waals surface area contributed by atoms with Gasteiger partial charge in [0.15, 0.2) is 0 Å². The van der Waals surface area contributed by atoms with E-state index in [0.29, 0.717) is 0 Å². The fourth-order valence-electron chi connectivity index (χ4n) is 2.07. The molecule has 0 fully saturated rings. The first-order valence-corrected chi connectivity index (χ1v) is 6.24. The topological polar surface area (TPSA) is 40.8 Å². The van der Waals surface area contributed by atoms with Crippen LogP contribution in [0.2, 0.25) is 0 Å². The van der Waals surface area contributed by atoms with Crippen LogP contribution in [-0.4, -0.2) is 16.7 Å². The summed E-state index contributed by atoms with van der Waals surface area (Å²) >= 11 is 0. The van der Waals surface area contributed by atoms with Gasteiger partial charge in [-0.1, -0.05) is 6.07 Å². The van der Waals surface area contributed by atoms with Crippen molar-refractivity contribution in [3.63, 3.8) is 0 Å². The summed E-state index contributed by atoms with van der Waals surface area (Å²) in [5.41, 5.74) is 2.01. The molecule has 3 nitrogen and oxygen atoms in total. The van der Waals surface area contributed by atoms with Crippen molar-refractivity contribution in [2.24, 2.45) is 0 Å². The van der Waals surface area contributed by atoms with E-state index in [1.54, 1.807) is 0 Å². The monoisotopic (exact) mass is 241 g/mol. The molecule has 0 atom stereocenters. The summed E-state index contributed by atoms with van der Waals surface area (Å²) in [5.74, 6) is 0. The van der Waals surface area contributed by atoms with E-state index in [0.717, 1.165) is 29.6 Å². The lowest BCUT2D eigenvalue weighted by Crippen LogP contribution is -2.37. The van der Waals surface area contributed by atoms with Crippen molar-refractivity contribution in [3.8, 4) is 6.07 Å². The molecular weight excluding hydrogens is 222 g/mol. The Hall–Kier alpha value is -1.79. The number of hydrogen-bond acceptors (Lipinski definition) is 2. The molecule has 0 saturated carbocycles. The van der Waals surface area contributed by atoms with E-state index in [1.807, 2.05) is 18.2 Å². The Labute approximate surface area is 108 Å². The number of nitriles is 1. The molecular formula is C15H19N3. The molecule has 1 heterocycles. The zero-order chi connectivity index (χ0) is 13.2. The van der Waals surface area contributed by atoms with Gasteiger partial charge >= 0.3 is 0 Å². The number of rotatable bonds is 3. The van der Waals surface area contributed by atoms with Crippen LogP contribution in [0.3, 0.4) is 0 Å². The van der Waals surface area contributed by atoms with Gasteiger partial charge in [0, 0.05) is 35.7 Å². The molecule has 0 aliphatic carbocycles. The first-order chi connectivity index (χ1) is 8.51. The Bertz CT molecular complexity index is 582. The fraction of sp³-hybridized carbons (Fsp3) is 0.400. The number of aromatic nitrogens is 1. The van der Waals surface area contributed by atoms with E-state index >= 15 is 0 Å². The van der Waals surface area contributed by atoms with Gasteiger partial charge in [0.2, 0.25) is 0 Å². The normalized spacial score (nSPS) is 11.7. The van der Waals surface area contributed by atoms with Gasteiger partial charge in [0.05, 0.1) is 11.6 Å². The number of nitrogens with zero attached hydrogens (tertiary/aromatic N) is 2. The van der Waals surface area contributed by atoms with Crippen LogP contribution in [0.15, 0.2) is 30.5 Å². The van der Waals surface area contributed by atoms with E-state index in [1.165, 1.54) is 0 Å². The van der Waals surface area contributed by atoms with Gasteiger partial charge < -0.3 is 9.88 Å². The quantitative estimate of drug-likeness (QED) is 0.897. The van der Waals surface area contributed by atoms with Crippen molar-refractivity contribution in [3.05, 3.63) is 36.0 Å². The summed E-state index contributed by atoms with van der Waals surface area (Å²) in [5, 5.41) is 13.6. The maximum atomic E-state index is 9.06. The van der Waals surface area contributed by atoms with E-state index < -0.39 is 0 Å². The van der Waals surface area contributed by atoms with Gasteiger partial charge in [-0.15, -0.1) is 0 Å². The maximum Gasteiger partial charge on any atom is 0.0998 e. The maximum absolute atomic E-state index is 9.06. The summed E-state index contributed by atoms with van der Waals surface area (Å²) in [6.07, 6.45) is 2.05. The minimum Gasteiger partial charge on any atom is -0.346 e. The summed E-state index contributed by atoms with van der Waals surface area (Å²) < 4.78 is 2.19. The summed E-state index contributed by atoms with van der Waals surface area (Å²) in [7, 11) is 0. The van der Waals surface area contributed by atoms with Crippen molar-refractivity contribution in [2.45, 2.75) is 32.9 Å². The SMILES string of the molecule is CC(C)(C)NCCn1ccc2c(C#N)cccc21. The van der Waals surface area contributed by atoms with E-state index in [2.05, 4.69) is 49.0 Å². The molecule has 18 heavy (non-hydrogen) atoms. The second-order valence-corrected chi connectivity index (χ2v) is 5.54. The lowest BCUT2D eigenvalue weighted by molar-refractivity contribution is 0.414. The fourth-order valence-corrected chi connectivity index (χ4v) is 2.07. The van der Waals surface area contributed by atoms with Crippen molar-refractivity contribution in [2.75, 3.05) is 6.54 Å². The first kappa shape index (κ1) is 12.7. The van der Waals surface area contributed by atoms with Gasteiger partial charge in [-0.05, 0) is 39.0 Å². The van der Waals surface area contributed by atoms with Crippen LogP contribution < -0.4 is 5.32 Å². The summed E-state index contributed by atoms with van der Waals surface area (Å²) in [6, 6.07) is 10.1. The minimum absolute atomic E-state index is 0.140. The van der Waals surface area contributed by atoms with Gasteiger partial charge in [-0.25, -0.2) is 0 Å². The Morgan fingerprint density at radius 3 is 2.72 bits per heavy atom. The highest BCUT2D eigenvalue weighted by Gasteiger charge is 2.09. The van der Waals surface area contributed by atoms with E-state index in [9.17, 15) is 0 Å². The Morgan fingerprint density at radius 2 is 2.06 bits per heavy atom. The zero-order valence-electron chi connectivity index (χ0n) is 11.2. The largest absolute Gasteiger partial charge is 0.346 e. The third kappa shape index (κ3) is 2.72. The highest BCUT2D eigenvalue weighted by molar-refractivity contribution is 5.85. The minimum atomic E-state index is 0.140. The molecule has 94 valence electrons. The molecule has 1 N–H and O–H groups in total. The molecule has 0 bridgehead atoms. The van der Waals surface area contributed by atoms with Gasteiger partial charge in [0.1, 0.15) is 0 Å². The van der Waals surface area contributed by atoms with Crippen LogP contribution in [0.5, 0.6) is 0 Å². The molecule has 2 aromatic rings. The molecule has 0 spiro atoms. The molecule has 0 unspecified atom stereocenters. The molecule has 1 aromatic carbocycles. The van der Waals surface area contributed by atoms with Crippen LogP contribution in [0, 0.1) is 11.3 Å². The number of nitrogens with one attached hydrogen (secondary N) is 1. The Kier molecular flexibility index (Phi) is 3.40. The Morgan fingerprint density at radius 1 is 1.28 bits per heavy atom. The molecule has 2 rings (SSSR count). The highest BCUT2D eigenvalue weighted by Crippen LogP contribution is 2.19. The second-order valence-electron chi connectivity index (χ2n) is 5.54. The summed E-state index contributed by atoms with van der Waals surface area (Å²) in [6.45, 7) is 8.32. The average Bonchev–Trinajstić information content (AvgIpc) is 2.71. The predicted molar refractivity (Wildman–Crippen MR) is 74.4 cm³/mol. The van der Waals surface area contributed by atoms with Crippen molar-refractivity contribution in [1.29, 1.82) is 5.26 Å². The van der Waals surface area contributed by atoms with Crippen LogP contribution >= 0.6 is 0 Å². The first-order valence-electron chi connectivity index (χ1n) is 6.24. The van der Waals surface area contributed by atoms with Gasteiger partial charge in [0.25, 0.3) is 0 Å². The summed E-state index contributed by atoms with van der Waals surface area (Å²) in [4.78, 5) is 0. The van der Waals surface area contributed by atoms with Gasteiger partial charge in [-0.2, -0.15) is 5.26 Å². The number of benzene rings is 1. The van der Waals surface area contributed by atoms with Crippen LogP contribution in [0.1, 0.15) is 26.3 Å². The molecule has 0 aliphatic heterocycles. The third-order valence-corrected chi connectivity index (χ3v) is 2.94. The van der Waals surface area contributed by atoms with Crippen molar-refractivity contribution >= 4 is 10.9 Å². The van der Waals surface area contributed by atoms with Crippen LogP contribution in [0.4, 0.5) is 0 Å². The number of hydrogen-bond donors (Lipinski definition) is 1. The van der Waals surface area contributed by atoms with Crippen molar-refractivity contribution < 1.29 is 0 Å². The van der Waals surface area contributed by atoms with Crippen LogP contribution in [-0.2, 0) is 6.54 Å². The third-order valence-electron chi connectivity index (χ3n) is 2.94. The predicted octanol–water partition coefficient (Wildman–Crippen LogP) is 2.90. The van der Waals surface area contributed by atoms with Crippen LogP contribution in [0.25, 0.3) is 10.9 Å². The number of fused-ring (bicyclic) bond motifs is 1. The van der Waals surface area contributed by atoms with Crippen molar-refractivity contribution in [1.82, 2.24) is 9.88 Å². The molecule has 3 heteroatoms. The highest BCUT2D eigenvalue weighted by atomic mass is 15.0. The zero-order valence-corrected chi connectivity index (χ0v) is 11.2. The molecule has 1 aromatic heterocycles. The average molecular weight is 241 g/mol. The molecule has 0 aliphatic rings. The molecule has 0 saturated heterocycles. The van der Waals surface area contributed by atoms with Gasteiger partial charge in [-0.3, -0.25) is 0 Å². The lowest BCUT2D eigenvalue weighted by Gasteiger charge is -2.20. The second kappa shape index (κ2) is 4.83. The molecule has 0 radical (unpaired) electrons. The van der Waals surface area contributed by atoms with E-state index in [4.69, 9.17) is 5.26 Å².